The third kappa shape index (κ3) is 6.35. The molecule has 0 bridgehead atoms. The SMILES string of the molecule is CC1CC(C)CN(C(=O)C(C)OC(=O)CCNS(=O)(=O)c2ccc3c(c2)OCCCO3)C1. The Morgan fingerprint density at radius 2 is 1.81 bits per heavy atom. The zero-order valence-electron chi connectivity index (χ0n) is 18.8. The van der Waals surface area contributed by atoms with Crippen LogP contribution in [0.5, 0.6) is 11.5 Å². The van der Waals surface area contributed by atoms with Gasteiger partial charge in [-0.3, -0.25) is 9.59 Å². The van der Waals surface area contributed by atoms with Crippen molar-refractivity contribution in [3.8, 4) is 11.5 Å². The molecule has 9 nitrogen and oxygen atoms in total. The van der Waals surface area contributed by atoms with E-state index in [9.17, 15) is 18.0 Å². The average molecular weight is 469 g/mol. The lowest BCUT2D eigenvalue weighted by atomic mass is 9.91. The number of benzene rings is 1. The number of fused-ring (bicyclic) bond motifs is 1. The Kier molecular flexibility index (Phi) is 8.00. The molecule has 32 heavy (non-hydrogen) atoms. The monoisotopic (exact) mass is 468 g/mol. The number of hydrogen-bond donors (Lipinski definition) is 1. The lowest BCUT2D eigenvalue weighted by Crippen LogP contribution is -2.47. The van der Waals surface area contributed by atoms with Gasteiger partial charge >= 0.3 is 5.97 Å². The summed E-state index contributed by atoms with van der Waals surface area (Å²) in [6.45, 7) is 7.86. The second-order valence-corrected chi connectivity index (χ2v) is 10.4. The number of hydrogen-bond acceptors (Lipinski definition) is 7. The van der Waals surface area contributed by atoms with Crippen molar-refractivity contribution in [2.75, 3.05) is 32.8 Å². The van der Waals surface area contributed by atoms with E-state index in [1.165, 1.54) is 12.1 Å². The quantitative estimate of drug-likeness (QED) is 0.609. The first kappa shape index (κ1) is 24.3. The van der Waals surface area contributed by atoms with Gasteiger partial charge in [0.05, 0.1) is 24.5 Å². The van der Waals surface area contributed by atoms with Crippen molar-refractivity contribution in [1.29, 1.82) is 0 Å². The van der Waals surface area contributed by atoms with Gasteiger partial charge in [0, 0.05) is 32.1 Å². The van der Waals surface area contributed by atoms with Gasteiger partial charge in [-0.1, -0.05) is 13.8 Å². The molecule has 1 aromatic carbocycles. The van der Waals surface area contributed by atoms with E-state index in [0.717, 1.165) is 6.42 Å². The van der Waals surface area contributed by atoms with Gasteiger partial charge in [0.2, 0.25) is 10.0 Å². The summed E-state index contributed by atoms with van der Waals surface area (Å²) in [5.41, 5.74) is 0. The molecule has 1 aromatic rings. The maximum atomic E-state index is 12.6. The van der Waals surface area contributed by atoms with E-state index in [-0.39, 0.29) is 23.8 Å². The Bertz CT molecular complexity index is 924. The van der Waals surface area contributed by atoms with Crippen molar-refractivity contribution in [2.24, 2.45) is 11.8 Å². The second kappa shape index (κ2) is 10.5. The van der Waals surface area contributed by atoms with Crippen LogP contribution in [0.15, 0.2) is 23.1 Å². The smallest absolute Gasteiger partial charge is 0.307 e. The van der Waals surface area contributed by atoms with Crippen LogP contribution in [-0.4, -0.2) is 64.1 Å². The highest BCUT2D eigenvalue weighted by molar-refractivity contribution is 7.89. The molecule has 3 rings (SSSR count). The fourth-order valence-electron chi connectivity index (χ4n) is 4.09. The van der Waals surface area contributed by atoms with Crippen molar-refractivity contribution >= 4 is 21.9 Å². The van der Waals surface area contributed by atoms with Crippen LogP contribution in [0.4, 0.5) is 0 Å². The fraction of sp³-hybridized carbons (Fsp3) is 0.636. The van der Waals surface area contributed by atoms with Gasteiger partial charge in [0.15, 0.2) is 17.6 Å². The summed E-state index contributed by atoms with van der Waals surface area (Å²) < 4.78 is 43.8. The Labute approximate surface area is 189 Å². The normalized spacial score (nSPS) is 22.0. The van der Waals surface area contributed by atoms with Gasteiger partial charge in [0.1, 0.15) is 0 Å². The van der Waals surface area contributed by atoms with Gasteiger partial charge in [-0.15, -0.1) is 0 Å². The van der Waals surface area contributed by atoms with Crippen molar-refractivity contribution < 1.29 is 32.2 Å². The van der Waals surface area contributed by atoms with Crippen molar-refractivity contribution in [2.45, 2.75) is 51.0 Å². The maximum absolute atomic E-state index is 12.6. The minimum Gasteiger partial charge on any atom is -0.490 e. The predicted molar refractivity (Wildman–Crippen MR) is 117 cm³/mol. The third-order valence-electron chi connectivity index (χ3n) is 5.49. The highest BCUT2D eigenvalue weighted by Gasteiger charge is 2.30. The molecule has 1 N–H and O–H groups in total. The Hall–Kier alpha value is -2.33. The van der Waals surface area contributed by atoms with Crippen LogP contribution in [-0.2, 0) is 24.3 Å². The van der Waals surface area contributed by atoms with E-state index in [4.69, 9.17) is 14.2 Å². The fourth-order valence-corrected chi connectivity index (χ4v) is 5.13. The first-order chi connectivity index (χ1) is 15.2. The summed E-state index contributed by atoms with van der Waals surface area (Å²) in [5.74, 6) is 0.837. The van der Waals surface area contributed by atoms with E-state index >= 15 is 0 Å². The Morgan fingerprint density at radius 3 is 2.50 bits per heavy atom. The molecule has 3 unspecified atom stereocenters. The Morgan fingerprint density at radius 1 is 1.16 bits per heavy atom. The first-order valence-electron chi connectivity index (χ1n) is 11.0. The minimum atomic E-state index is -3.84. The molecule has 1 saturated heterocycles. The number of piperidine rings is 1. The van der Waals surface area contributed by atoms with Crippen LogP contribution in [0, 0.1) is 11.8 Å². The van der Waals surface area contributed by atoms with Crippen molar-refractivity contribution in [1.82, 2.24) is 9.62 Å². The molecule has 0 radical (unpaired) electrons. The van der Waals surface area contributed by atoms with Gasteiger partial charge in [-0.25, -0.2) is 13.1 Å². The summed E-state index contributed by atoms with van der Waals surface area (Å²) in [5, 5.41) is 0. The summed E-state index contributed by atoms with van der Waals surface area (Å²) in [6.07, 6.45) is 0.696. The number of likely N-dealkylation sites (tertiary alicyclic amines) is 1. The number of carbonyl (C=O) groups excluding carboxylic acids is 2. The van der Waals surface area contributed by atoms with Crippen LogP contribution in [0.3, 0.4) is 0 Å². The van der Waals surface area contributed by atoms with Gasteiger partial charge < -0.3 is 19.1 Å². The topological polar surface area (TPSA) is 111 Å². The van der Waals surface area contributed by atoms with Crippen molar-refractivity contribution in [3.63, 3.8) is 0 Å². The molecule has 0 spiro atoms. The molecular formula is C22H32N2O7S. The molecule has 2 aliphatic rings. The lowest BCUT2D eigenvalue weighted by Gasteiger charge is -2.36. The summed E-state index contributed by atoms with van der Waals surface area (Å²) in [6, 6.07) is 4.39. The highest BCUT2D eigenvalue weighted by Crippen LogP contribution is 2.31. The first-order valence-corrected chi connectivity index (χ1v) is 12.5. The molecule has 10 heteroatoms. The summed E-state index contributed by atoms with van der Waals surface area (Å²) in [4.78, 5) is 26.5. The van der Waals surface area contributed by atoms with E-state index in [1.807, 2.05) is 0 Å². The standard InChI is InChI=1S/C22H32N2O7S/c1-15-11-16(2)14-24(13-15)22(26)17(3)31-21(25)7-8-23-32(27,28)18-5-6-19-20(12-18)30-10-4-9-29-19/h5-6,12,15-17,23H,4,7-11,13-14H2,1-3H3. The number of carbonyl (C=O) groups is 2. The average Bonchev–Trinajstić information content (AvgIpc) is 2.97. The number of nitrogens with one attached hydrogen (secondary N) is 1. The molecule has 178 valence electrons. The second-order valence-electron chi connectivity index (χ2n) is 8.63. The molecule has 0 aliphatic carbocycles. The highest BCUT2D eigenvalue weighted by atomic mass is 32.2. The van der Waals surface area contributed by atoms with E-state index in [1.54, 1.807) is 17.9 Å². The number of esters is 1. The van der Waals surface area contributed by atoms with Gasteiger partial charge in [-0.05, 0) is 37.3 Å². The predicted octanol–water partition coefficient (Wildman–Crippen LogP) is 1.95. The number of rotatable bonds is 7. The summed E-state index contributed by atoms with van der Waals surface area (Å²) >= 11 is 0. The largest absolute Gasteiger partial charge is 0.490 e. The van der Waals surface area contributed by atoms with Crippen molar-refractivity contribution in [3.05, 3.63) is 18.2 Å². The zero-order chi connectivity index (χ0) is 23.3. The lowest BCUT2D eigenvalue weighted by molar-refractivity contribution is -0.160. The zero-order valence-corrected chi connectivity index (χ0v) is 19.7. The Balaban J connectivity index is 1.48. The molecule has 0 aromatic heterocycles. The number of nitrogens with zero attached hydrogens (tertiary/aromatic N) is 1. The molecule has 3 atom stereocenters. The molecule has 0 saturated carbocycles. The number of sulfonamides is 1. The number of ether oxygens (including phenoxy) is 3. The van der Waals surface area contributed by atoms with Crippen LogP contribution in [0.25, 0.3) is 0 Å². The van der Waals surface area contributed by atoms with E-state index in [2.05, 4.69) is 18.6 Å². The molecular weight excluding hydrogens is 436 g/mol. The molecule has 2 aliphatic heterocycles. The molecule has 1 amide bonds. The van der Waals surface area contributed by atoms with Gasteiger partial charge in [-0.2, -0.15) is 0 Å². The molecule has 2 heterocycles. The number of amides is 1. The van der Waals surface area contributed by atoms with E-state index < -0.39 is 22.1 Å². The van der Waals surface area contributed by atoms with Crippen LogP contribution in [0.2, 0.25) is 0 Å². The molecule has 1 fully saturated rings. The third-order valence-corrected chi connectivity index (χ3v) is 6.95. The van der Waals surface area contributed by atoms with E-state index in [0.29, 0.717) is 56.1 Å². The van der Waals surface area contributed by atoms with Crippen LogP contribution < -0.4 is 14.2 Å². The maximum Gasteiger partial charge on any atom is 0.307 e. The minimum absolute atomic E-state index is 0.0204. The van der Waals surface area contributed by atoms with Gasteiger partial charge in [0.25, 0.3) is 5.91 Å². The van der Waals surface area contributed by atoms with Crippen LogP contribution in [0.1, 0.15) is 40.0 Å². The summed E-state index contributed by atoms with van der Waals surface area (Å²) in [7, 11) is -3.84. The van der Waals surface area contributed by atoms with Crippen LogP contribution >= 0.6 is 0 Å².